The molecule has 0 aliphatic carbocycles. The summed E-state index contributed by atoms with van der Waals surface area (Å²) in [6.07, 6.45) is 1.27. The van der Waals surface area contributed by atoms with Crippen molar-refractivity contribution in [2.45, 2.75) is 19.4 Å². The molecule has 1 heterocycles. The molecule has 1 aromatic rings. The van der Waals surface area contributed by atoms with Crippen molar-refractivity contribution >= 4 is 11.9 Å². The van der Waals surface area contributed by atoms with Crippen LogP contribution in [0.4, 0.5) is 0 Å². The Bertz CT molecular complexity index is 467. The molecule has 0 unspecified atom stereocenters. The second kappa shape index (κ2) is 5.79. The van der Waals surface area contributed by atoms with Gasteiger partial charge in [0.15, 0.2) is 0 Å². The van der Waals surface area contributed by atoms with E-state index in [2.05, 4.69) is 10.3 Å². The van der Waals surface area contributed by atoms with E-state index in [1.807, 2.05) is 32.8 Å². The Morgan fingerprint density at radius 1 is 1.37 bits per heavy atom. The van der Waals surface area contributed by atoms with Crippen molar-refractivity contribution in [2.75, 3.05) is 20.6 Å². The van der Waals surface area contributed by atoms with Crippen molar-refractivity contribution < 1.29 is 14.7 Å². The molecule has 0 atom stereocenters. The van der Waals surface area contributed by atoms with E-state index in [0.717, 1.165) is 0 Å². The molecule has 0 aromatic carbocycles. The van der Waals surface area contributed by atoms with Crippen molar-refractivity contribution in [2.24, 2.45) is 0 Å². The quantitative estimate of drug-likeness (QED) is 0.824. The first kappa shape index (κ1) is 15.1. The van der Waals surface area contributed by atoms with Crippen LogP contribution in [0.5, 0.6) is 0 Å². The van der Waals surface area contributed by atoms with Gasteiger partial charge in [-0.3, -0.25) is 4.79 Å². The number of carboxylic acid groups (broad SMARTS) is 1. The highest BCUT2D eigenvalue weighted by Crippen LogP contribution is 2.08. The Kier molecular flexibility index (Phi) is 4.61. The Morgan fingerprint density at radius 2 is 2.00 bits per heavy atom. The third kappa shape index (κ3) is 4.03. The number of rotatable bonds is 5. The Hall–Kier alpha value is -1.95. The van der Waals surface area contributed by atoms with Gasteiger partial charge in [-0.2, -0.15) is 0 Å². The smallest absolute Gasteiger partial charge is 0.354 e. The molecule has 104 valence electrons. The number of hydrogen-bond donors (Lipinski definition) is 2. The number of likely N-dealkylation sites (N-methyl/N-ethyl adjacent to an activating group) is 1. The van der Waals surface area contributed by atoms with Gasteiger partial charge in [-0.25, -0.2) is 9.78 Å². The number of aromatic nitrogens is 1. The molecule has 0 aliphatic rings. The lowest BCUT2D eigenvalue weighted by Crippen LogP contribution is -2.48. The Labute approximate surface area is 112 Å². The number of nitrogens with one attached hydrogen (secondary N) is 1. The molecule has 0 saturated heterocycles. The van der Waals surface area contributed by atoms with Crippen molar-refractivity contribution in [1.82, 2.24) is 15.2 Å². The topological polar surface area (TPSA) is 82.5 Å². The minimum Gasteiger partial charge on any atom is -0.477 e. The van der Waals surface area contributed by atoms with Gasteiger partial charge in [0.2, 0.25) is 0 Å². The number of nitrogens with zero attached hydrogens (tertiary/aromatic N) is 2. The van der Waals surface area contributed by atoms with Crippen LogP contribution in [0.1, 0.15) is 34.7 Å². The van der Waals surface area contributed by atoms with E-state index in [1.165, 1.54) is 18.3 Å². The van der Waals surface area contributed by atoms with Crippen molar-refractivity contribution in [3.05, 3.63) is 29.6 Å². The van der Waals surface area contributed by atoms with Gasteiger partial charge in [0.1, 0.15) is 5.69 Å². The van der Waals surface area contributed by atoms with Crippen LogP contribution in [0, 0.1) is 0 Å². The molecular weight excluding hydrogens is 246 g/mol. The average Bonchev–Trinajstić information content (AvgIpc) is 2.36. The summed E-state index contributed by atoms with van der Waals surface area (Å²) in [5, 5.41) is 11.5. The fourth-order valence-corrected chi connectivity index (χ4v) is 1.21. The van der Waals surface area contributed by atoms with Crippen LogP contribution in [0.15, 0.2) is 18.3 Å². The fraction of sp³-hybridized carbons (Fsp3) is 0.462. The standard InChI is InChI=1S/C13H19N3O3/c1-13(2,16(3)4)8-15-11(17)9-5-6-10(12(18)19)14-7-9/h5-7H,8H2,1-4H3,(H,15,17)(H,18,19). The van der Waals surface area contributed by atoms with Crippen molar-refractivity contribution in [3.63, 3.8) is 0 Å². The summed E-state index contributed by atoms with van der Waals surface area (Å²) in [5.41, 5.74) is 0.106. The number of carboxylic acids is 1. The molecule has 1 amide bonds. The van der Waals surface area contributed by atoms with E-state index in [-0.39, 0.29) is 17.1 Å². The summed E-state index contributed by atoms with van der Waals surface area (Å²) in [4.78, 5) is 28.2. The monoisotopic (exact) mass is 265 g/mol. The summed E-state index contributed by atoms with van der Waals surface area (Å²) in [7, 11) is 3.88. The predicted octanol–water partition coefficient (Wildman–Crippen LogP) is 0.850. The summed E-state index contributed by atoms with van der Waals surface area (Å²) in [5.74, 6) is -1.37. The first-order valence-corrected chi connectivity index (χ1v) is 5.89. The summed E-state index contributed by atoms with van der Waals surface area (Å²) >= 11 is 0. The molecule has 6 heteroatoms. The second-order valence-corrected chi connectivity index (χ2v) is 5.13. The molecule has 1 rings (SSSR count). The van der Waals surface area contributed by atoms with Gasteiger partial charge in [-0.15, -0.1) is 0 Å². The van der Waals surface area contributed by atoms with E-state index in [4.69, 9.17) is 5.11 Å². The van der Waals surface area contributed by atoms with Crippen LogP contribution in [-0.4, -0.2) is 53.0 Å². The van der Waals surface area contributed by atoms with Crippen LogP contribution >= 0.6 is 0 Å². The van der Waals surface area contributed by atoms with Gasteiger partial charge in [-0.05, 0) is 40.1 Å². The number of pyridine rings is 1. The van der Waals surface area contributed by atoms with Crippen LogP contribution in [0.3, 0.4) is 0 Å². The SMILES string of the molecule is CN(C)C(C)(C)CNC(=O)c1ccc(C(=O)O)nc1. The minimum absolute atomic E-state index is 0.0785. The highest BCUT2D eigenvalue weighted by Gasteiger charge is 2.21. The maximum absolute atomic E-state index is 11.9. The number of amides is 1. The predicted molar refractivity (Wildman–Crippen MR) is 71.3 cm³/mol. The van der Waals surface area contributed by atoms with Gasteiger partial charge in [0.25, 0.3) is 5.91 Å². The molecule has 1 aromatic heterocycles. The van der Waals surface area contributed by atoms with Crippen LogP contribution < -0.4 is 5.32 Å². The number of aromatic carboxylic acids is 1. The summed E-state index contributed by atoms with van der Waals surface area (Å²) in [6.45, 7) is 4.51. The molecule has 2 N–H and O–H groups in total. The zero-order chi connectivity index (χ0) is 14.6. The van der Waals surface area contributed by atoms with E-state index in [1.54, 1.807) is 0 Å². The van der Waals surface area contributed by atoms with E-state index in [9.17, 15) is 9.59 Å². The summed E-state index contributed by atoms with van der Waals surface area (Å²) in [6, 6.07) is 2.77. The van der Waals surface area contributed by atoms with Crippen molar-refractivity contribution in [3.8, 4) is 0 Å². The number of carbonyl (C=O) groups excluding carboxylic acids is 1. The third-order valence-electron chi connectivity index (χ3n) is 3.14. The molecule has 0 saturated carbocycles. The maximum atomic E-state index is 11.9. The van der Waals surface area contributed by atoms with E-state index in [0.29, 0.717) is 12.1 Å². The van der Waals surface area contributed by atoms with Crippen molar-refractivity contribution in [1.29, 1.82) is 0 Å². The van der Waals surface area contributed by atoms with Crippen LogP contribution in [0.2, 0.25) is 0 Å². The normalized spacial score (nSPS) is 11.4. The molecule has 6 nitrogen and oxygen atoms in total. The van der Waals surface area contributed by atoms with E-state index >= 15 is 0 Å². The lowest BCUT2D eigenvalue weighted by Gasteiger charge is -2.32. The summed E-state index contributed by atoms with van der Waals surface area (Å²) < 4.78 is 0. The highest BCUT2D eigenvalue weighted by molar-refractivity contribution is 5.94. The molecule has 0 radical (unpaired) electrons. The Balaban J connectivity index is 2.66. The minimum atomic E-state index is -1.11. The highest BCUT2D eigenvalue weighted by atomic mass is 16.4. The number of hydrogen-bond acceptors (Lipinski definition) is 4. The molecule has 0 aliphatic heterocycles. The second-order valence-electron chi connectivity index (χ2n) is 5.13. The van der Waals surface area contributed by atoms with Gasteiger partial charge < -0.3 is 15.3 Å². The lowest BCUT2D eigenvalue weighted by molar-refractivity contribution is 0.0689. The average molecular weight is 265 g/mol. The molecule has 0 fully saturated rings. The first-order chi connectivity index (χ1) is 8.74. The maximum Gasteiger partial charge on any atom is 0.354 e. The van der Waals surface area contributed by atoms with Gasteiger partial charge >= 0.3 is 5.97 Å². The molecule has 0 spiro atoms. The van der Waals surface area contributed by atoms with E-state index < -0.39 is 5.97 Å². The van der Waals surface area contributed by atoms with Crippen LogP contribution in [-0.2, 0) is 0 Å². The van der Waals surface area contributed by atoms with Gasteiger partial charge in [-0.1, -0.05) is 0 Å². The van der Waals surface area contributed by atoms with Gasteiger partial charge in [0, 0.05) is 18.3 Å². The van der Waals surface area contributed by atoms with Crippen LogP contribution in [0.25, 0.3) is 0 Å². The zero-order valence-corrected chi connectivity index (χ0v) is 11.6. The largest absolute Gasteiger partial charge is 0.477 e. The zero-order valence-electron chi connectivity index (χ0n) is 11.6. The third-order valence-corrected chi connectivity index (χ3v) is 3.14. The lowest BCUT2D eigenvalue weighted by atomic mass is 10.0. The fourth-order valence-electron chi connectivity index (χ4n) is 1.21. The molecule has 0 bridgehead atoms. The molecular formula is C13H19N3O3. The first-order valence-electron chi connectivity index (χ1n) is 5.89. The number of carbonyl (C=O) groups is 2. The van der Waals surface area contributed by atoms with Gasteiger partial charge in [0.05, 0.1) is 5.56 Å². The molecule has 19 heavy (non-hydrogen) atoms. The Morgan fingerprint density at radius 3 is 2.42 bits per heavy atom.